The number of aliphatic hydroxyl groups excluding tert-OH is 1. The molecule has 1 saturated heterocycles. The first-order valence-electron chi connectivity index (χ1n) is 12.1. The zero-order valence-electron chi connectivity index (χ0n) is 21.8. The van der Waals surface area contributed by atoms with Gasteiger partial charge >= 0.3 is 0 Å². The number of likely N-dealkylation sites (tertiary alicyclic amines) is 1. The van der Waals surface area contributed by atoms with Gasteiger partial charge in [-0.25, -0.2) is 0 Å². The second-order valence-corrected chi connectivity index (χ2v) is 10.3. The Morgan fingerprint density at radius 3 is 2.43 bits per heavy atom. The van der Waals surface area contributed by atoms with Crippen LogP contribution in [0.15, 0.2) is 48.0 Å². The van der Waals surface area contributed by atoms with Gasteiger partial charge in [0.15, 0.2) is 0 Å². The van der Waals surface area contributed by atoms with Crippen molar-refractivity contribution in [1.82, 2.24) is 4.90 Å². The van der Waals surface area contributed by atoms with E-state index in [0.717, 1.165) is 16.7 Å². The van der Waals surface area contributed by atoms with E-state index in [0.29, 0.717) is 30.9 Å². The fourth-order valence-electron chi connectivity index (χ4n) is 4.45. The maximum Gasteiger partial charge on any atom is 0.295 e. The second kappa shape index (κ2) is 10.6. The van der Waals surface area contributed by atoms with E-state index in [4.69, 9.17) is 9.47 Å². The van der Waals surface area contributed by atoms with E-state index >= 15 is 0 Å². The molecular formula is C29H37NO5. The van der Waals surface area contributed by atoms with Crippen LogP contribution in [-0.2, 0) is 19.7 Å². The third kappa shape index (κ3) is 5.76. The number of hydrogen-bond acceptors (Lipinski definition) is 5. The monoisotopic (exact) mass is 479 g/mol. The standard InChI is InChI=1S/C29H37NO5/c1-18(2)35-15-9-14-30-25(20-11-8-10-19(3)16-20)24(27(32)28(30)33)26(31)21-12-13-23(34-7)22(17-21)29(4,5)6/h8,10-13,16-18,25,31H,9,14-15H2,1-7H3/b26-24-. The fourth-order valence-corrected chi connectivity index (χ4v) is 4.45. The SMILES string of the molecule is COc1ccc(/C(O)=C2/C(=O)C(=O)N(CCCOC(C)C)C2c2cccc(C)c2)cc1C(C)(C)C. The molecule has 2 aromatic carbocycles. The Morgan fingerprint density at radius 2 is 1.83 bits per heavy atom. The molecule has 0 saturated carbocycles. The van der Waals surface area contributed by atoms with Crippen molar-refractivity contribution in [3.63, 3.8) is 0 Å². The molecule has 2 aromatic rings. The second-order valence-electron chi connectivity index (χ2n) is 10.3. The van der Waals surface area contributed by atoms with Crippen molar-refractivity contribution in [2.45, 2.75) is 65.5 Å². The molecule has 6 heteroatoms. The van der Waals surface area contributed by atoms with E-state index in [2.05, 4.69) is 20.8 Å². The number of nitrogens with zero attached hydrogens (tertiary/aromatic N) is 1. The van der Waals surface area contributed by atoms with Crippen LogP contribution in [0.3, 0.4) is 0 Å². The lowest BCUT2D eigenvalue weighted by Crippen LogP contribution is -2.31. The minimum absolute atomic E-state index is 0.0880. The van der Waals surface area contributed by atoms with Crippen molar-refractivity contribution in [2.75, 3.05) is 20.3 Å². The highest BCUT2D eigenvalue weighted by Gasteiger charge is 2.45. The van der Waals surface area contributed by atoms with Crippen LogP contribution < -0.4 is 4.74 Å². The van der Waals surface area contributed by atoms with E-state index in [1.807, 2.05) is 51.1 Å². The molecule has 1 amide bonds. The first kappa shape index (κ1) is 26.5. The number of aryl methyl sites for hydroxylation is 1. The Bertz CT molecular complexity index is 1130. The molecule has 3 rings (SSSR count). The zero-order valence-corrected chi connectivity index (χ0v) is 21.8. The summed E-state index contributed by atoms with van der Waals surface area (Å²) in [6, 6.07) is 12.4. The molecule has 0 radical (unpaired) electrons. The lowest BCUT2D eigenvalue weighted by atomic mass is 9.84. The molecule has 1 N–H and O–H groups in total. The third-order valence-electron chi connectivity index (χ3n) is 6.17. The molecular weight excluding hydrogens is 442 g/mol. The predicted molar refractivity (Wildman–Crippen MR) is 138 cm³/mol. The quantitative estimate of drug-likeness (QED) is 0.233. The molecule has 35 heavy (non-hydrogen) atoms. The minimum atomic E-state index is -0.674. The number of hydrogen-bond donors (Lipinski definition) is 1. The maximum absolute atomic E-state index is 13.3. The van der Waals surface area contributed by atoms with Gasteiger partial charge in [-0.2, -0.15) is 0 Å². The van der Waals surface area contributed by atoms with Crippen molar-refractivity contribution in [3.05, 3.63) is 70.3 Å². The smallest absolute Gasteiger partial charge is 0.295 e. The van der Waals surface area contributed by atoms with Crippen LogP contribution in [0, 0.1) is 6.92 Å². The van der Waals surface area contributed by atoms with Gasteiger partial charge in [-0.05, 0) is 56.4 Å². The molecule has 1 atom stereocenters. The Morgan fingerprint density at radius 1 is 1.11 bits per heavy atom. The van der Waals surface area contributed by atoms with Gasteiger partial charge in [-0.15, -0.1) is 0 Å². The number of ketones is 1. The van der Waals surface area contributed by atoms with Gasteiger partial charge < -0.3 is 19.5 Å². The van der Waals surface area contributed by atoms with Crippen LogP contribution in [0.4, 0.5) is 0 Å². The van der Waals surface area contributed by atoms with Crippen molar-refractivity contribution in [3.8, 4) is 5.75 Å². The van der Waals surface area contributed by atoms with E-state index in [1.165, 1.54) is 0 Å². The summed E-state index contributed by atoms with van der Waals surface area (Å²) in [6.07, 6.45) is 0.676. The molecule has 0 bridgehead atoms. The number of methoxy groups -OCH3 is 1. The number of benzene rings is 2. The highest BCUT2D eigenvalue weighted by molar-refractivity contribution is 6.46. The zero-order chi connectivity index (χ0) is 25.9. The highest BCUT2D eigenvalue weighted by atomic mass is 16.5. The van der Waals surface area contributed by atoms with Gasteiger partial charge in [0, 0.05) is 24.3 Å². The Labute approximate surface area is 208 Å². The van der Waals surface area contributed by atoms with Gasteiger partial charge in [-0.3, -0.25) is 9.59 Å². The first-order valence-corrected chi connectivity index (χ1v) is 12.1. The Kier molecular flexibility index (Phi) is 8.06. The summed E-state index contributed by atoms with van der Waals surface area (Å²) >= 11 is 0. The maximum atomic E-state index is 13.3. The molecule has 1 fully saturated rings. The van der Waals surface area contributed by atoms with E-state index in [-0.39, 0.29) is 22.9 Å². The topological polar surface area (TPSA) is 76.1 Å². The summed E-state index contributed by atoms with van der Waals surface area (Å²) < 4.78 is 11.2. The van der Waals surface area contributed by atoms with Crippen LogP contribution in [0.25, 0.3) is 5.76 Å². The summed E-state index contributed by atoms with van der Waals surface area (Å²) in [7, 11) is 1.61. The largest absolute Gasteiger partial charge is 0.507 e. The average molecular weight is 480 g/mol. The van der Waals surface area contributed by atoms with Gasteiger partial charge in [0.05, 0.1) is 24.8 Å². The van der Waals surface area contributed by atoms with E-state index in [9.17, 15) is 14.7 Å². The van der Waals surface area contributed by atoms with Gasteiger partial charge in [-0.1, -0.05) is 50.6 Å². The number of carbonyl (C=O) groups excluding carboxylic acids is 2. The van der Waals surface area contributed by atoms with Crippen LogP contribution in [0.1, 0.15) is 69.3 Å². The van der Waals surface area contributed by atoms with Crippen LogP contribution in [0.2, 0.25) is 0 Å². The summed E-state index contributed by atoms with van der Waals surface area (Å²) in [5.74, 6) is -0.752. The van der Waals surface area contributed by atoms with Crippen molar-refractivity contribution < 1.29 is 24.2 Å². The van der Waals surface area contributed by atoms with Gasteiger partial charge in [0.1, 0.15) is 11.5 Å². The van der Waals surface area contributed by atoms with Crippen molar-refractivity contribution >= 4 is 17.4 Å². The third-order valence-corrected chi connectivity index (χ3v) is 6.17. The molecule has 1 heterocycles. The van der Waals surface area contributed by atoms with Crippen LogP contribution >= 0.6 is 0 Å². The number of rotatable bonds is 8. The number of ether oxygens (including phenoxy) is 2. The van der Waals surface area contributed by atoms with E-state index < -0.39 is 17.7 Å². The number of Topliss-reactive ketones (excluding diaryl/α,β-unsaturated/α-hetero) is 1. The molecule has 0 spiro atoms. The highest BCUT2D eigenvalue weighted by Crippen LogP contribution is 2.41. The Hall–Kier alpha value is -3.12. The number of aliphatic hydroxyl groups is 1. The van der Waals surface area contributed by atoms with Crippen LogP contribution in [-0.4, -0.2) is 48.1 Å². The summed E-state index contributed by atoms with van der Waals surface area (Å²) in [6.45, 7) is 12.9. The molecule has 1 aliphatic heterocycles. The fraction of sp³-hybridized carbons (Fsp3) is 0.448. The van der Waals surface area contributed by atoms with Gasteiger partial charge in [0.2, 0.25) is 0 Å². The summed E-state index contributed by atoms with van der Waals surface area (Å²) in [5.41, 5.74) is 3.04. The first-order chi connectivity index (χ1) is 16.5. The van der Waals surface area contributed by atoms with Crippen LogP contribution in [0.5, 0.6) is 5.75 Å². The van der Waals surface area contributed by atoms with Crippen molar-refractivity contribution in [2.24, 2.45) is 0 Å². The van der Waals surface area contributed by atoms with E-state index in [1.54, 1.807) is 24.1 Å². The molecule has 0 aromatic heterocycles. The predicted octanol–water partition coefficient (Wildman–Crippen LogP) is 5.54. The normalized spacial score (nSPS) is 17.9. The molecule has 6 nitrogen and oxygen atoms in total. The molecule has 1 unspecified atom stereocenters. The Balaban J connectivity index is 2.12. The minimum Gasteiger partial charge on any atom is -0.507 e. The summed E-state index contributed by atoms with van der Waals surface area (Å²) in [5, 5.41) is 11.4. The number of amides is 1. The lowest BCUT2D eigenvalue weighted by molar-refractivity contribution is -0.140. The average Bonchev–Trinajstić information content (AvgIpc) is 3.05. The lowest BCUT2D eigenvalue weighted by Gasteiger charge is -2.26. The molecule has 1 aliphatic rings. The van der Waals surface area contributed by atoms with Crippen molar-refractivity contribution in [1.29, 1.82) is 0 Å². The molecule has 0 aliphatic carbocycles. The molecule has 188 valence electrons. The van der Waals surface area contributed by atoms with Gasteiger partial charge in [0.25, 0.3) is 11.7 Å². The number of carbonyl (C=O) groups is 2. The summed E-state index contributed by atoms with van der Waals surface area (Å²) in [4.78, 5) is 28.0.